The number of piperidine rings is 1. The normalized spacial score (nSPS) is 15.2. The van der Waals surface area contributed by atoms with E-state index in [0.717, 1.165) is 55.8 Å². The molecule has 3 aromatic carbocycles. The smallest absolute Gasteiger partial charge is 0.417 e. The van der Waals surface area contributed by atoms with Crippen LogP contribution < -0.4 is 0 Å². The van der Waals surface area contributed by atoms with Crippen molar-refractivity contribution in [1.29, 1.82) is 0 Å². The van der Waals surface area contributed by atoms with E-state index in [9.17, 15) is 26.7 Å². The summed E-state index contributed by atoms with van der Waals surface area (Å²) in [5, 5.41) is -0.389. The fourth-order valence-corrected chi connectivity index (χ4v) is 6.77. The molecule has 4 rings (SSSR count). The minimum absolute atomic E-state index is 0.0532. The molecule has 0 atom stereocenters. The van der Waals surface area contributed by atoms with E-state index in [1.54, 1.807) is 30.3 Å². The lowest BCUT2D eigenvalue weighted by atomic mass is 9.83. The van der Waals surface area contributed by atoms with Crippen LogP contribution in [0.1, 0.15) is 112 Å². The van der Waals surface area contributed by atoms with Crippen molar-refractivity contribution in [3.8, 4) is 0 Å². The van der Waals surface area contributed by atoms with Gasteiger partial charge in [-0.25, -0.2) is 8.78 Å². The molecule has 3 aromatic rings. The molecule has 3 nitrogen and oxygen atoms in total. The summed E-state index contributed by atoms with van der Waals surface area (Å²) in [5.41, 5.74) is 0.0755. The minimum atomic E-state index is -4.64. The molecule has 0 aromatic heterocycles. The van der Waals surface area contributed by atoms with Crippen LogP contribution in [0.4, 0.5) is 22.0 Å². The summed E-state index contributed by atoms with van der Waals surface area (Å²) in [6.07, 6.45) is 5.13. The van der Waals surface area contributed by atoms with E-state index < -0.39 is 23.3 Å². The van der Waals surface area contributed by atoms with Gasteiger partial charge in [0.15, 0.2) is 0 Å². The van der Waals surface area contributed by atoms with Crippen LogP contribution in [0.2, 0.25) is 5.02 Å². The van der Waals surface area contributed by atoms with E-state index in [1.807, 2.05) is 0 Å². The zero-order chi connectivity index (χ0) is 33.9. The SMILES string of the molecule is CCCCCCCCCC(=O)OC1(c2ccc(Cl)c(C(F)(F)F)c2)CCN(CCCC(c2ccc(F)cc2)c2ccc(F)cc2)CC1. The first-order valence-electron chi connectivity index (χ1n) is 16.8. The number of esters is 1. The highest BCUT2D eigenvalue weighted by Gasteiger charge is 2.42. The van der Waals surface area contributed by atoms with Crippen LogP contribution in [-0.2, 0) is 21.3 Å². The first-order chi connectivity index (χ1) is 22.5. The van der Waals surface area contributed by atoms with Gasteiger partial charge in [-0.05, 0) is 78.9 Å². The number of hydrogen-bond acceptors (Lipinski definition) is 3. The first kappa shape index (κ1) is 36.9. The van der Waals surface area contributed by atoms with Crippen molar-refractivity contribution in [2.45, 2.75) is 102 Å². The average Bonchev–Trinajstić information content (AvgIpc) is 3.04. The number of carbonyl (C=O) groups is 1. The van der Waals surface area contributed by atoms with Crippen molar-refractivity contribution >= 4 is 17.6 Å². The van der Waals surface area contributed by atoms with Gasteiger partial charge in [-0.1, -0.05) is 87.4 Å². The third-order valence-electron chi connectivity index (χ3n) is 9.27. The summed E-state index contributed by atoms with van der Waals surface area (Å²) in [5.74, 6) is -1.09. The zero-order valence-corrected chi connectivity index (χ0v) is 27.8. The highest BCUT2D eigenvalue weighted by atomic mass is 35.5. The Morgan fingerprint density at radius 3 is 1.94 bits per heavy atom. The van der Waals surface area contributed by atoms with E-state index in [-0.39, 0.29) is 29.0 Å². The highest BCUT2D eigenvalue weighted by molar-refractivity contribution is 6.31. The number of rotatable bonds is 16. The van der Waals surface area contributed by atoms with E-state index in [2.05, 4.69) is 11.8 Å². The monoisotopic (exact) mass is 677 g/mol. The number of halogens is 6. The topological polar surface area (TPSA) is 29.5 Å². The third kappa shape index (κ3) is 10.8. The Kier molecular flexibility index (Phi) is 13.7. The lowest BCUT2D eigenvalue weighted by molar-refractivity contribution is -0.167. The standard InChI is InChI=1S/C38H45ClF5NO2/c1-2-3-4-5-6-7-8-11-36(46)47-37(30-16-21-35(39)34(27-30)38(42,43)44)22-25-45(26-23-37)24-9-10-33(28-12-17-31(40)18-13-28)29-14-19-32(41)20-15-29/h12-21,27,33H,2-11,22-26H2,1H3. The van der Waals surface area contributed by atoms with Gasteiger partial charge in [0.1, 0.15) is 17.2 Å². The Morgan fingerprint density at radius 1 is 0.830 bits per heavy atom. The van der Waals surface area contributed by atoms with Crippen LogP contribution in [0.3, 0.4) is 0 Å². The summed E-state index contributed by atoms with van der Waals surface area (Å²) >= 11 is 5.94. The molecule has 1 fully saturated rings. The van der Waals surface area contributed by atoms with E-state index >= 15 is 0 Å². The van der Waals surface area contributed by atoms with E-state index in [1.165, 1.54) is 49.6 Å². The number of unbranched alkanes of at least 4 members (excludes halogenated alkanes) is 6. The molecular weight excluding hydrogens is 633 g/mol. The molecule has 47 heavy (non-hydrogen) atoms. The molecule has 0 spiro atoms. The predicted molar refractivity (Wildman–Crippen MR) is 176 cm³/mol. The van der Waals surface area contributed by atoms with Gasteiger partial charge in [0.2, 0.25) is 0 Å². The van der Waals surface area contributed by atoms with Crippen LogP contribution >= 0.6 is 11.6 Å². The Balaban J connectivity index is 1.41. The maximum absolute atomic E-state index is 13.8. The number of nitrogens with zero attached hydrogens (tertiary/aromatic N) is 1. The summed E-state index contributed by atoms with van der Waals surface area (Å²) < 4.78 is 74.8. The first-order valence-corrected chi connectivity index (χ1v) is 17.2. The predicted octanol–water partition coefficient (Wildman–Crippen LogP) is 11.2. The molecule has 0 radical (unpaired) electrons. The molecule has 9 heteroatoms. The Labute approximate surface area is 280 Å². The number of ether oxygens (including phenoxy) is 1. The van der Waals surface area contributed by atoms with Crippen molar-refractivity contribution < 1.29 is 31.5 Å². The minimum Gasteiger partial charge on any atom is -0.454 e. The fraction of sp³-hybridized carbons (Fsp3) is 0.500. The second-order valence-corrected chi connectivity index (χ2v) is 13.1. The van der Waals surface area contributed by atoms with Crippen molar-refractivity contribution in [1.82, 2.24) is 4.90 Å². The molecule has 1 aliphatic heterocycles. The van der Waals surface area contributed by atoms with Crippen LogP contribution in [0, 0.1) is 11.6 Å². The van der Waals surface area contributed by atoms with E-state index in [0.29, 0.717) is 37.9 Å². The second-order valence-electron chi connectivity index (χ2n) is 12.7. The lowest BCUT2D eigenvalue weighted by Gasteiger charge is -2.42. The van der Waals surface area contributed by atoms with Crippen molar-refractivity contribution in [2.75, 3.05) is 19.6 Å². The molecule has 1 aliphatic rings. The van der Waals surface area contributed by atoms with Crippen molar-refractivity contribution in [2.24, 2.45) is 0 Å². The Hall–Kier alpha value is -2.97. The Bertz CT molecular complexity index is 1360. The molecule has 1 heterocycles. The highest BCUT2D eigenvalue weighted by Crippen LogP contribution is 2.42. The summed E-state index contributed by atoms with van der Waals surface area (Å²) in [7, 11) is 0. The van der Waals surface area contributed by atoms with Crippen molar-refractivity contribution in [3.63, 3.8) is 0 Å². The van der Waals surface area contributed by atoms with Crippen molar-refractivity contribution in [3.05, 3.63) is 106 Å². The van der Waals surface area contributed by atoms with Gasteiger partial charge in [0.05, 0.1) is 10.6 Å². The maximum atomic E-state index is 13.8. The maximum Gasteiger partial charge on any atom is 0.417 e. The third-order valence-corrected chi connectivity index (χ3v) is 9.60. The fourth-order valence-electron chi connectivity index (χ4n) is 6.54. The summed E-state index contributed by atoms with van der Waals surface area (Å²) in [6, 6.07) is 16.5. The molecule has 0 N–H and O–H groups in total. The van der Waals surface area contributed by atoms with Crippen LogP contribution in [0.25, 0.3) is 0 Å². The number of hydrogen-bond donors (Lipinski definition) is 0. The van der Waals surface area contributed by atoms with E-state index in [4.69, 9.17) is 16.3 Å². The lowest BCUT2D eigenvalue weighted by Crippen LogP contribution is -2.45. The molecule has 0 aliphatic carbocycles. The molecule has 0 amide bonds. The average molecular weight is 678 g/mol. The number of likely N-dealkylation sites (tertiary alicyclic amines) is 1. The number of alkyl halides is 3. The summed E-state index contributed by atoms with van der Waals surface area (Å²) in [6.45, 7) is 3.95. The molecule has 1 saturated heterocycles. The molecular formula is C38H45ClF5NO2. The Morgan fingerprint density at radius 2 is 1.38 bits per heavy atom. The zero-order valence-electron chi connectivity index (χ0n) is 27.1. The quantitative estimate of drug-likeness (QED) is 0.0858. The van der Waals surface area contributed by atoms with Gasteiger partial charge in [0, 0.05) is 38.3 Å². The largest absolute Gasteiger partial charge is 0.454 e. The second kappa shape index (κ2) is 17.4. The van der Waals surface area contributed by atoms with Gasteiger partial charge in [-0.3, -0.25) is 4.79 Å². The molecule has 0 unspecified atom stereocenters. The summed E-state index contributed by atoms with van der Waals surface area (Å²) in [4.78, 5) is 15.3. The molecule has 0 saturated carbocycles. The van der Waals surface area contributed by atoms with Crippen LogP contribution in [0.5, 0.6) is 0 Å². The van der Waals surface area contributed by atoms with Gasteiger partial charge in [-0.15, -0.1) is 0 Å². The molecule has 0 bridgehead atoms. The number of benzene rings is 3. The van der Waals surface area contributed by atoms with Gasteiger partial charge in [0.25, 0.3) is 0 Å². The molecule has 256 valence electrons. The van der Waals surface area contributed by atoms with Crippen LogP contribution in [0.15, 0.2) is 66.7 Å². The van der Waals surface area contributed by atoms with Crippen LogP contribution in [-0.4, -0.2) is 30.5 Å². The van der Waals surface area contributed by atoms with Gasteiger partial charge in [-0.2, -0.15) is 13.2 Å². The van der Waals surface area contributed by atoms with Gasteiger partial charge < -0.3 is 9.64 Å². The number of carbonyl (C=O) groups excluding carboxylic acids is 1. The van der Waals surface area contributed by atoms with Gasteiger partial charge >= 0.3 is 12.1 Å².